The number of pyridine rings is 1. The van der Waals surface area contributed by atoms with Crippen LogP contribution in [0, 0.1) is 11.3 Å². The highest BCUT2D eigenvalue weighted by atomic mass is 16.5. The van der Waals surface area contributed by atoms with Crippen molar-refractivity contribution in [2.75, 3.05) is 0 Å². The van der Waals surface area contributed by atoms with E-state index in [4.69, 9.17) is 10.00 Å². The van der Waals surface area contributed by atoms with Crippen LogP contribution in [0.3, 0.4) is 0 Å². The molecule has 0 fully saturated rings. The van der Waals surface area contributed by atoms with Gasteiger partial charge in [0.15, 0.2) is 0 Å². The zero-order valence-electron chi connectivity index (χ0n) is 9.23. The third-order valence-electron chi connectivity index (χ3n) is 2.22. The predicted molar refractivity (Wildman–Crippen MR) is 58.1 cm³/mol. The predicted octanol–water partition coefficient (Wildman–Crippen LogP) is 2.66. The zero-order valence-corrected chi connectivity index (χ0v) is 9.23. The summed E-state index contributed by atoms with van der Waals surface area (Å²) in [5, 5.41) is 8.82. The van der Waals surface area contributed by atoms with E-state index in [-0.39, 0.29) is 6.10 Å². The van der Waals surface area contributed by atoms with E-state index in [2.05, 4.69) is 18.0 Å². The Bertz CT molecular complexity index is 344. The molecule has 3 heteroatoms. The van der Waals surface area contributed by atoms with Gasteiger partial charge in [-0.05, 0) is 19.4 Å². The molecule has 15 heavy (non-hydrogen) atoms. The fourth-order valence-electron chi connectivity index (χ4n) is 1.38. The van der Waals surface area contributed by atoms with E-state index in [9.17, 15) is 0 Å². The Morgan fingerprint density at radius 2 is 2.40 bits per heavy atom. The lowest BCUT2D eigenvalue weighted by Gasteiger charge is -2.11. The van der Waals surface area contributed by atoms with Crippen molar-refractivity contribution in [3.8, 4) is 6.07 Å². The van der Waals surface area contributed by atoms with E-state index in [1.54, 1.807) is 6.20 Å². The molecule has 3 nitrogen and oxygen atoms in total. The van der Waals surface area contributed by atoms with Crippen LogP contribution in [0.15, 0.2) is 18.3 Å². The SMILES string of the molecule is CCCC(C)OCc1cccnc1C#N. The summed E-state index contributed by atoms with van der Waals surface area (Å²) >= 11 is 0. The minimum atomic E-state index is 0.238. The molecule has 0 saturated heterocycles. The van der Waals surface area contributed by atoms with Gasteiger partial charge >= 0.3 is 0 Å². The Morgan fingerprint density at radius 1 is 1.60 bits per heavy atom. The normalized spacial score (nSPS) is 12.1. The van der Waals surface area contributed by atoms with Crippen molar-refractivity contribution in [3.63, 3.8) is 0 Å². The Balaban J connectivity index is 2.54. The highest BCUT2D eigenvalue weighted by Gasteiger charge is 2.05. The van der Waals surface area contributed by atoms with Gasteiger partial charge in [-0.1, -0.05) is 19.4 Å². The molecular formula is C12H16N2O. The largest absolute Gasteiger partial charge is 0.374 e. The summed E-state index contributed by atoms with van der Waals surface area (Å²) in [6, 6.07) is 5.76. The third kappa shape index (κ3) is 3.69. The van der Waals surface area contributed by atoms with Crippen molar-refractivity contribution >= 4 is 0 Å². The second-order valence-electron chi connectivity index (χ2n) is 3.53. The average Bonchev–Trinajstić information content (AvgIpc) is 2.27. The second kappa shape index (κ2) is 6.15. The molecule has 0 saturated carbocycles. The summed E-state index contributed by atoms with van der Waals surface area (Å²) in [4.78, 5) is 3.98. The van der Waals surface area contributed by atoms with Crippen LogP contribution >= 0.6 is 0 Å². The summed E-state index contributed by atoms with van der Waals surface area (Å²) in [6.45, 7) is 4.65. The summed E-state index contributed by atoms with van der Waals surface area (Å²) in [6.07, 6.45) is 4.01. The van der Waals surface area contributed by atoms with Gasteiger partial charge in [-0.3, -0.25) is 0 Å². The standard InChI is InChI=1S/C12H16N2O/c1-3-5-10(2)15-9-11-6-4-7-14-12(11)8-13/h4,6-7,10H,3,5,9H2,1-2H3. The number of hydrogen-bond acceptors (Lipinski definition) is 3. The van der Waals surface area contributed by atoms with Gasteiger partial charge in [0.05, 0.1) is 12.7 Å². The first-order valence-electron chi connectivity index (χ1n) is 5.23. The number of hydrogen-bond donors (Lipinski definition) is 0. The van der Waals surface area contributed by atoms with E-state index in [1.807, 2.05) is 19.1 Å². The lowest BCUT2D eigenvalue weighted by atomic mass is 10.2. The van der Waals surface area contributed by atoms with Gasteiger partial charge in [-0.25, -0.2) is 4.98 Å². The molecule has 0 aliphatic rings. The molecule has 0 N–H and O–H groups in total. The number of aromatic nitrogens is 1. The number of rotatable bonds is 5. The first-order chi connectivity index (χ1) is 7.27. The molecular weight excluding hydrogens is 188 g/mol. The molecule has 0 aliphatic heterocycles. The lowest BCUT2D eigenvalue weighted by Crippen LogP contribution is -2.08. The maximum absolute atomic E-state index is 8.82. The van der Waals surface area contributed by atoms with Gasteiger partial charge in [0, 0.05) is 11.8 Å². The molecule has 0 radical (unpaired) electrons. The number of nitriles is 1. The Kier molecular flexibility index (Phi) is 4.79. The molecule has 1 unspecified atom stereocenters. The topological polar surface area (TPSA) is 45.9 Å². The highest BCUT2D eigenvalue weighted by molar-refractivity contribution is 5.29. The van der Waals surface area contributed by atoms with E-state index < -0.39 is 0 Å². The highest BCUT2D eigenvalue weighted by Crippen LogP contribution is 2.09. The number of nitrogens with zero attached hydrogens (tertiary/aromatic N) is 2. The minimum absolute atomic E-state index is 0.238. The molecule has 1 heterocycles. The molecule has 1 atom stereocenters. The van der Waals surface area contributed by atoms with Gasteiger partial charge in [0.25, 0.3) is 0 Å². The molecule has 0 amide bonds. The van der Waals surface area contributed by atoms with Crippen LogP contribution in [0.5, 0.6) is 0 Å². The Morgan fingerprint density at radius 3 is 3.07 bits per heavy atom. The van der Waals surface area contributed by atoms with Crippen LogP contribution in [0.25, 0.3) is 0 Å². The van der Waals surface area contributed by atoms with Crippen LogP contribution in [0.2, 0.25) is 0 Å². The lowest BCUT2D eigenvalue weighted by molar-refractivity contribution is 0.0469. The van der Waals surface area contributed by atoms with Crippen molar-refractivity contribution < 1.29 is 4.74 Å². The molecule has 0 spiro atoms. The maximum atomic E-state index is 8.82. The average molecular weight is 204 g/mol. The summed E-state index contributed by atoms with van der Waals surface area (Å²) in [7, 11) is 0. The van der Waals surface area contributed by atoms with Gasteiger partial charge < -0.3 is 4.74 Å². The first-order valence-corrected chi connectivity index (χ1v) is 5.23. The molecule has 1 aromatic rings. The molecule has 1 rings (SSSR count). The van der Waals surface area contributed by atoms with Crippen molar-refractivity contribution in [2.45, 2.75) is 39.4 Å². The summed E-state index contributed by atoms with van der Waals surface area (Å²) < 4.78 is 5.62. The first kappa shape index (κ1) is 11.7. The monoisotopic (exact) mass is 204 g/mol. The minimum Gasteiger partial charge on any atom is -0.374 e. The smallest absolute Gasteiger partial charge is 0.145 e. The zero-order chi connectivity index (χ0) is 11.1. The van der Waals surface area contributed by atoms with Crippen molar-refractivity contribution in [1.82, 2.24) is 4.98 Å². The molecule has 1 aromatic heterocycles. The fraction of sp³-hybridized carbons (Fsp3) is 0.500. The van der Waals surface area contributed by atoms with Crippen molar-refractivity contribution in [1.29, 1.82) is 5.26 Å². The number of ether oxygens (including phenoxy) is 1. The molecule has 80 valence electrons. The third-order valence-corrected chi connectivity index (χ3v) is 2.22. The van der Waals surface area contributed by atoms with Gasteiger partial charge in [0.2, 0.25) is 0 Å². The van der Waals surface area contributed by atoms with Gasteiger partial charge in [-0.2, -0.15) is 5.26 Å². The Hall–Kier alpha value is -1.40. The summed E-state index contributed by atoms with van der Waals surface area (Å²) in [5.41, 5.74) is 1.32. The summed E-state index contributed by atoms with van der Waals surface area (Å²) in [5.74, 6) is 0. The quantitative estimate of drug-likeness (QED) is 0.740. The van der Waals surface area contributed by atoms with Crippen LogP contribution in [0.1, 0.15) is 37.9 Å². The van der Waals surface area contributed by atoms with E-state index >= 15 is 0 Å². The van der Waals surface area contributed by atoms with E-state index in [0.29, 0.717) is 12.3 Å². The van der Waals surface area contributed by atoms with E-state index in [1.165, 1.54) is 0 Å². The van der Waals surface area contributed by atoms with Crippen molar-refractivity contribution in [3.05, 3.63) is 29.6 Å². The molecule has 0 aromatic carbocycles. The fourth-order valence-corrected chi connectivity index (χ4v) is 1.38. The van der Waals surface area contributed by atoms with Crippen LogP contribution in [0.4, 0.5) is 0 Å². The van der Waals surface area contributed by atoms with Gasteiger partial charge in [-0.15, -0.1) is 0 Å². The van der Waals surface area contributed by atoms with Crippen LogP contribution in [-0.4, -0.2) is 11.1 Å². The van der Waals surface area contributed by atoms with Crippen LogP contribution < -0.4 is 0 Å². The van der Waals surface area contributed by atoms with E-state index in [0.717, 1.165) is 18.4 Å². The molecule has 0 bridgehead atoms. The van der Waals surface area contributed by atoms with Crippen LogP contribution in [-0.2, 0) is 11.3 Å². The van der Waals surface area contributed by atoms with Crippen molar-refractivity contribution in [2.24, 2.45) is 0 Å². The van der Waals surface area contributed by atoms with Gasteiger partial charge in [0.1, 0.15) is 11.8 Å². The molecule has 0 aliphatic carbocycles. The maximum Gasteiger partial charge on any atom is 0.145 e. The second-order valence-corrected chi connectivity index (χ2v) is 3.53. The Labute approximate surface area is 90.7 Å².